The van der Waals surface area contributed by atoms with Crippen molar-refractivity contribution in [1.29, 1.82) is 0 Å². The molecule has 0 bridgehead atoms. The average Bonchev–Trinajstić information content (AvgIpc) is 2.28. The van der Waals surface area contributed by atoms with Crippen molar-refractivity contribution < 1.29 is 4.74 Å². The molecule has 2 fully saturated rings. The van der Waals surface area contributed by atoms with E-state index in [2.05, 4.69) is 25.8 Å². The van der Waals surface area contributed by atoms with Gasteiger partial charge in [-0.1, -0.05) is 26.7 Å². The van der Waals surface area contributed by atoms with Gasteiger partial charge in [0, 0.05) is 25.3 Å². The summed E-state index contributed by atoms with van der Waals surface area (Å²) in [5, 5.41) is 0. The zero-order chi connectivity index (χ0) is 10.4. The van der Waals surface area contributed by atoms with Crippen LogP contribution in [0.25, 0.3) is 0 Å². The molecule has 0 N–H and O–H groups in total. The molecule has 2 saturated heterocycles. The summed E-state index contributed by atoms with van der Waals surface area (Å²) in [5.41, 5.74) is 0.568. The van der Waals surface area contributed by atoms with Gasteiger partial charge in [0.05, 0.1) is 0 Å². The van der Waals surface area contributed by atoms with Crippen LogP contribution in [0.4, 0.5) is 0 Å². The largest absolute Gasteiger partial charge is 0.381 e. The van der Waals surface area contributed by atoms with Crippen molar-refractivity contribution in [3.05, 3.63) is 0 Å². The van der Waals surface area contributed by atoms with Gasteiger partial charge in [-0.2, -0.15) is 0 Å². The Morgan fingerprint density at radius 1 is 1.07 bits per heavy atom. The van der Waals surface area contributed by atoms with Crippen molar-refractivity contribution in [2.45, 2.75) is 51.5 Å². The highest BCUT2D eigenvalue weighted by molar-refractivity contribution is 4.98. The maximum atomic E-state index is 5.32. The summed E-state index contributed by atoms with van der Waals surface area (Å²) < 4.78 is 5.32. The van der Waals surface area contributed by atoms with Crippen LogP contribution in [-0.2, 0) is 4.74 Å². The molecule has 0 aliphatic carbocycles. The van der Waals surface area contributed by atoms with Crippen LogP contribution in [0.3, 0.4) is 0 Å². The van der Waals surface area contributed by atoms with Crippen LogP contribution < -0.4 is 0 Å². The molecule has 2 aliphatic heterocycles. The Bertz CT molecular complexity index is 150. The highest BCUT2D eigenvalue weighted by atomic mass is 16.5. The summed E-state index contributed by atoms with van der Waals surface area (Å²) >= 11 is 0. The molecule has 2 heterocycles. The molecule has 0 radical (unpaired) electrons. The maximum Gasteiger partial charge on any atom is 0.0483 e. The minimum atomic E-state index is 0.568. The van der Waals surface area contributed by atoms with Gasteiger partial charge >= 0.3 is 0 Å². The number of rotatable bonds is 1. The zero-order valence-corrected chi connectivity index (χ0v) is 10.0. The third-order valence-electron chi connectivity index (χ3n) is 3.65. The van der Waals surface area contributed by atoms with E-state index in [0.29, 0.717) is 5.54 Å². The van der Waals surface area contributed by atoms with Gasteiger partial charge in [-0.3, -0.25) is 0 Å². The van der Waals surface area contributed by atoms with E-state index in [-0.39, 0.29) is 0 Å². The quantitative estimate of drug-likeness (QED) is 0.644. The summed E-state index contributed by atoms with van der Waals surface area (Å²) in [6.45, 7) is 7.61. The molecule has 0 saturated carbocycles. The highest BCUT2D eigenvalue weighted by Crippen LogP contribution is 2.37. The minimum absolute atomic E-state index is 0.568. The Kier molecular flexibility index (Phi) is 4.90. The zero-order valence-electron chi connectivity index (χ0n) is 10.0. The van der Waals surface area contributed by atoms with Gasteiger partial charge in [0.15, 0.2) is 0 Å². The van der Waals surface area contributed by atoms with Crippen LogP contribution >= 0.6 is 0 Å². The lowest BCUT2D eigenvalue weighted by Gasteiger charge is -2.53. The topological polar surface area (TPSA) is 12.5 Å². The van der Waals surface area contributed by atoms with Gasteiger partial charge in [0.1, 0.15) is 0 Å². The number of hydrogen-bond acceptors (Lipinski definition) is 2. The fraction of sp³-hybridized carbons (Fsp3) is 1.00. The van der Waals surface area contributed by atoms with Crippen molar-refractivity contribution in [2.24, 2.45) is 0 Å². The third kappa shape index (κ3) is 2.71. The summed E-state index contributed by atoms with van der Waals surface area (Å²) in [4.78, 5) is 2.48. The Morgan fingerprint density at radius 2 is 1.64 bits per heavy atom. The second-order valence-corrected chi connectivity index (χ2v) is 4.51. The normalized spacial score (nSPS) is 25.1. The first-order valence-electron chi connectivity index (χ1n) is 6.04. The summed E-state index contributed by atoms with van der Waals surface area (Å²) in [6, 6.07) is 0. The summed E-state index contributed by atoms with van der Waals surface area (Å²) in [7, 11) is 2.23. The predicted molar refractivity (Wildman–Crippen MR) is 60.6 cm³/mol. The molecule has 1 spiro atoms. The SMILES string of the molecule is CCCC.CN1CCC12CCOCC2. The predicted octanol–water partition coefficient (Wildman–Crippen LogP) is 2.68. The monoisotopic (exact) mass is 199 g/mol. The number of likely N-dealkylation sites (tertiary alicyclic amines) is 1. The van der Waals surface area contributed by atoms with E-state index in [1.54, 1.807) is 0 Å². The number of ether oxygens (including phenoxy) is 1. The number of nitrogens with zero attached hydrogens (tertiary/aromatic N) is 1. The van der Waals surface area contributed by atoms with Crippen LogP contribution in [0.1, 0.15) is 46.0 Å². The lowest BCUT2D eigenvalue weighted by molar-refractivity contribution is -0.0750. The molecule has 0 aromatic heterocycles. The van der Waals surface area contributed by atoms with Crippen molar-refractivity contribution >= 4 is 0 Å². The molecule has 0 atom stereocenters. The average molecular weight is 199 g/mol. The van der Waals surface area contributed by atoms with Crippen molar-refractivity contribution in [3.63, 3.8) is 0 Å². The van der Waals surface area contributed by atoms with Gasteiger partial charge < -0.3 is 9.64 Å². The Morgan fingerprint density at radius 3 is 1.86 bits per heavy atom. The molecule has 2 rings (SSSR count). The van der Waals surface area contributed by atoms with Crippen molar-refractivity contribution in [1.82, 2.24) is 4.90 Å². The molecular formula is C12H25NO. The standard InChI is InChI=1S/C8H15NO.C4H10/c1-9-5-2-8(9)3-6-10-7-4-8;1-3-4-2/h2-7H2,1H3;3-4H2,1-2H3. The first-order chi connectivity index (χ1) is 6.75. The molecule has 0 unspecified atom stereocenters. The summed E-state index contributed by atoms with van der Waals surface area (Å²) in [5.74, 6) is 0. The van der Waals surface area contributed by atoms with Gasteiger partial charge in [-0.25, -0.2) is 0 Å². The van der Waals surface area contributed by atoms with Crippen LogP contribution in [0, 0.1) is 0 Å². The Hall–Kier alpha value is -0.0800. The highest BCUT2D eigenvalue weighted by Gasteiger charge is 2.42. The molecule has 0 aromatic carbocycles. The first-order valence-corrected chi connectivity index (χ1v) is 6.04. The molecule has 14 heavy (non-hydrogen) atoms. The summed E-state index contributed by atoms with van der Waals surface area (Å²) in [6.07, 6.45) is 6.54. The first kappa shape index (κ1) is 12.0. The van der Waals surface area contributed by atoms with E-state index < -0.39 is 0 Å². The Labute approximate surface area is 88.6 Å². The van der Waals surface area contributed by atoms with E-state index in [0.717, 1.165) is 13.2 Å². The van der Waals surface area contributed by atoms with E-state index >= 15 is 0 Å². The molecule has 0 aromatic rings. The molecule has 2 heteroatoms. The Balaban J connectivity index is 0.000000213. The minimum Gasteiger partial charge on any atom is -0.381 e. The van der Waals surface area contributed by atoms with E-state index in [1.165, 1.54) is 38.6 Å². The van der Waals surface area contributed by atoms with Crippen LogP contribution in [0.15, 0.2) is 0 Å². The van der Waals surface area contributed by atoms with Gasteiger partial charge in [0.2, 0.25) is 0 Å². The lowest BCUT2D eigenvalue weighted by atomic mass is 9.79. The van der Waals surface area contributed by atoms with Gasteiger partial charge in [-0.05, 0) is 26.3 Å². The van der Waals surface area contributed by atoms with Crippen molar-refractivity contribution in [2.75, 3.05) is 26.8 Å². The molecule has 2 nitrogen and oxygen atoms in total. The van der Waals surface area contributed by atoms with E-state index in [1.807, 2.05) is 0 Å². The molecule has 2 aliphatic rings. The third-order valence-corrected chi connectivity index (χ3v) is 3.65. The van der Waals surface area contributed by atoms with Crippen molar-refractivity contribution in [3.8, 4) is 0 Å². The fourth-order valence-corrected chi connectivity index (χ4v) is 2.03. The van der Waals surface area contributed by atoms with Crippen LogP contribution in [0.5, 0.6) is 0 Å². The second kappa shape index (κ2) is 5.72. The van der Waals surface area contributed by atoms with E-state index in [4.69, 9.17) is 4.74 Å². The smallest absolute Gasteiger partial charge is 0.0483 e. The maximum absolute atomic E-state index is 5.32. The van der Waals surface area contributed by atoms with Crippen LogP contribution in [0.2, 0.25) is 0 Å². The van der Waals surface area contributed by atoms with Gasteiger partial charge in [0.25, 0.3) is 0 Å². The van der Waals surface area contributed by atoms with Crippen LogP contribution in [-0.4, -0.2) is 37.2 Å². The molecule has 84 valence electrons. The number of unbranched alkanes of at least 4 members (excludes halogenated alkanes) is 1. The second-order valence-electron chi connectivity index (χ2n) is 4.51. The number of hydrogen-bond donors (Lipinski definition) is 0. The lowest BCUT2D eigenvalue weighted by Crippen LogP contribution is -2.60. The van der Waals surface area contributed by atoms with E-state index in [9.17, 15) is 0 Å². The fourth-order valence-electron chi connectivity index (χ4n) is 2.03. The molecular weight excluding hydrogens is 174 g/mol. The van der Waals surface area contributed by atoms with Gasteiger partial charge in [-0.15, -0.1) is 0 Å². The molecule has 0 amide bonds.